The van der Waals surface area contributed by atoms with Crippen LogP contribution in [0, 0.1) is 18.3 Å². The van der Waals surface area contributed by atoms with Crippen LogP contribution in [0.1, 0.15) is 19.8 Å². The molecule has 8 nitrogen and oxygen atoms in total. The summed E-state index contributed by atoms with van der Waals surface area (Å²) < 4.78 is 20.0. The van der Waals surface area contributed by atoms with Gasteiger partial charge in [0.2, 0.25) is 11.9 Å². The molecule has 9 heteroatoms. The first-order chi connectivity index (χ1) is 13.9. The molecule has 0 bridgehead atoms. The Balaban J connectivity index is 1.63. The van der Waals surface area contributed by atoms with Crippen LogP contribution in [0.15, 0.2) is 18.2 Å². The van der Waals surface area contributed by atoms with Crippen molar-refractivity contribution in [1.82, 2.24) is 5.32 Å². The Morgan fingerprint density at radius 3 is 2.76 bits per heavy atom. The van der Waals surface area contributed by atoms with E-state index in [1.165, 1.54) is 17.9 Å². The quantitative estimate of drug-likeness (QED) is 0.706. The molecule has 0 aromatic heterocycles. The predicted octanol–water partition coefficient (Wildman–Crippen LogP) is 1.78. The number of halogens is 1. The highest BCUT2D eigenvalue weighted by Gasteiger charge is 2.34. The van der Waals surface area contributed by atoms with E-state index in [9.17, 15) is 19.1 Å². The molecular formula is C20H25FN4O4. The minimum Gasteiger partial charge on any atom is -0.442 e. The van der Waals surface area contributed by atoms with Crippen molar-refractivity contribution >= 4 is 23.4 Å². The van der Waals surface area contributed by atoms with Gasteiger partial charge in [-0.25, -0.2) is 15.8 Å². The van der Waals surface area contributed by atoms with E-state index in [1.807, 2.05) is 4.90 Å². The van der Waals surface area contributed by atoms with Crippen LogP contribution in [-0.2, 0) is 9.53 Å². The number of anilines is 2. The first-order valence-corrected chi connectivity index (χ1v) is 9.67. The molecule has 0 radical (unpaired) electrons. The second kappa shape index (κ2) is 9.09. The topological polar surface area (TPSA) is 86.5 Å². The Hall–Kier alpha value is -2.86. The van der Waals surface area contributed by atoms with Gasteiger partial charge in [0, 0.05) is 25.9 Å². The number of cyclic esters (lactones) is 1. The number of aliphatic hydroxyl groups is 1. The van der Waals surface area contributed by atoms with E-state index in [0.717, 1.165) is 12.8 Å². The fourth-order valence-corrected chi connectivity index (χ4v) is 3.84. The highest BCUT2D eigenvalue weighted by Crippen LogP contribution is 2.31. The molecule has 2 aliphatic rings. The molecule has 3 rings (SSSR count). The standard InChI is InChI=1S/C20H25FN4O4/c1-13(27)23-10-16-11-25(20(28)29-16)15-3-4-19(17(21)9-15)24-7-5-14(6-8-24)18(12-26)22-2/h3-4,9,14,16,18,26H,5-8,10-12H2,1H3,(H,23,27)/t16-,18?/m0/s1. The van der Waals surface area contributed by atoms with Crippen molar-refractivity contribution in [2.75, 3.05) is 42.6 Å². The molecular weight excluding hydrogens is 379 g/mol. The average Bonchev–Trinajstić information content (AvgIpc) is 3.08. The Labute approximate surface area is 169 Å². The van der Waals surface area contributed by atoms with Gasteiger partial charge in [-0.1, -0.05) is 0 Å². The third-order valence-electron chi connectivity index (χ3n) is 5.47. The average molecular weight is 404 g/mol. The summed E-state index contributed by atoms with van der Waals surface area (Å²) in [6, 6.07) is 4.26. The van der Waals surface area contributed by atoms with Crippen LogP contribution in [0.25, 0.3) is 4.85 Å². The predicted molar refractivity (Wildman–Crippen MR) is 105 cm³/mol. The minimum atomic E-state index is -0.567. The molecule has 2 amide bonds. The summed E-state index contributed by atoms with van der Waals surface area (Å²) in [4.78, 5) is 29.9. The van der Waals surface area contributed by atoms with E-state index in [-0.39, 0.29) is 31.5 Å². The molecule has 29 heavy (non-hydrogen) atoms. The van der Waals surface area contributed by atoms with Crippen LogP contribution < -0.4 is 15.1 Å². The number of aliphatic hydroxyl groups excluding tert-OH is 1. The summed E-state index contributed by atoms with van der Waals surface area (Å²) in [5.41, 5.74) is 0.864. The molecule has 1 unspecified atom stereocenters. The maximum absolute atomic E-state index is 14.8. The number of piperidine rings is 1. The summed E-state index contributed by atoms with van der Waals surface area (Å²) in [5, 5.41) is 11.9. The molecule has 156 valence electrons. The number of rotatable bonds is 6. The third kappa shape index (κ3) is 4.77. The first-order valence-electron chi connectivity index (χ1n) is 9.67. The van der Waals surface area contributed by atoms with Crippen LogP contribution in [0.2, 0.25) is 0 Å². The minimum absolute atomic E-state index is 0.121. The maximum Gasteiger partial charge on any atom is 0.414 e. The zero-order chi connectivity index (χ0) is 21.0. The number of carbonyl (C=O) groups excluding carboxylic acids is 2. The summed E-state index contributed by atoms with van der Waals surface area (Å²) in [7, 11) is 0. The normalized spacial score (nSPS) is 20.9. The van der Waals surface area contributed by atoms with Gasteiger partial charge >= 0.3 is 6.09 Å². The van der Waals surface area contributed by atoms with E-state index in [0.29, 0.717) is 24.5 Å². The van der Waals surface area contributed by atoms with Crippen molar-refractivity contribution in [2.45, 2.75) is 31.9 Å². The number of amides is 2. The molecule has 2 aliphatic heterocycles. The Kier molecular flexibility index (Phi) is 6.54. The second-order valence-electron chi connectivity index (χ2n) is 7.39. The maximum atomic E-state index is 14.8. The number of nitrogens with zero attached hydrogens (tertiary/aromatic N) is 3. The van der Waals surface area contributed by atoms with Gasteiger partial charge in [-0.15, -0.1) is 0 Å². The van der Waals surface area contributed by atoms with Crippen molar-refractivity contribution in [3.63, 3.8) is 0 Å². The van der Waals surface area contributed by atoms with Gasteiger partial charge in [0.05, 0.1) is 24.5 Å². The second-order valence-corrected chi connectivity index (χ2v) is 7.39. The fraction of sp³-hybridized carbons (Fsp3) is 0.550. The van der Waals surface area contributed by atoms with E-state index in [2.05, 4.69) is 10.2 Å². The Morgan fingerprint density at radius 2 is 2.17 bits per heavy atom. The van der Waals surface area contributed by atoms with Crippen molar-refractivity contribution < 1.29 is 23.8 Å². The van der Waals surface area contributed by atoms with Gasteiger partial charge in [-0.2, -0.15) is 0 Å². The highest BCUT2D eigenvalue weighted by molar-refractivity contribution is 5.90. The molecule has 2 saturated heterocycles. The molecule has 2 atom stereocenters. The zero-order valence-electron chi connectivity index (χ0n) is 16.3. The van der Waals surface area contributed by atoms with Crippen LogP contribution in [0.5, 0.6) is 0 Å². The number of carbonyl (C=O) groups is 2. The van der Waals surface area contributed by atoms with E-state index in [4.69, 9.17) is 11.3 Å². The monoisotopic (exact) mass is 404 g/mol. The molecule has 0 aliphatic carbocycles. The van der Waals surface area contributed by atoms with Crippen molar-refractivity contribution in [3.05, 3.63) is 35.4 Å². The van der Waals surface area contributed by atoms with E-state index in [1.54, 1.807) is 12.1 Å². The SMILES string of the molecule is [C-]#[N+]C(CO)C1CCN(c2ccc(N3C[C@H](CNC(C)=O)OC3=O)cc2F)CC1. The number of hydrogen-bond donors (Lipinski definition) is 2. The van der Waals surface area contributed by atoms with Crippen LogP contribution >= 0.6 is 0 Å². The highest BCUT2D eigenvalue weighted by atomic mass is 19.1. The molecule has 2 fully saturated rings. The lowest BCUT2D eigenvalue weighted by atomic mass is 9.90. The molecule has 2 N–H and O–H groups in total. The first kappa shape index (κ1) is 20.9. The van der Waals surface area contributed by atoms with Gasteiger partial charge in [0.1, 0.15) is 18.5 Å². The number of benzene rings is 1. The van der Waals surface area contributed by atoms with Gasteiger partial charge < -0.3 is 24.9 Å². The summed E-state index contributed by atoms with van der Waals surface area (Å²) in [6.45, 7) is 10.1. The van der Waals surface area contributed by atoms with Crippen LogP contribution in [-0.4, -0.2) is 62.0 Å². The fourth-order valence-electron chi connectivity index (χ4n) is 3.84. The molecule has 2 heterocycles. The van der Waals surface area contributed by atoms with Crippen LogP contribution in [0.4, 0.5) is 20.6 Å². The summed E-state index contributed by atoms with van der Waals surface area (Å²) >= 11 is 0. The zero-order valence-corrected chi connectivity index (χ0v) is 16.3. The Bertz CT molecular complexity index is 804. The van der Waals surface area contributed by atoms with Gasteiger partial charge in [-0.05, 0) is 31.0 Å². The lowest BCUT2D eigenvalue weighted by Crippen LogP contribution is -2.38. The molecule has 1 aromatic carbocycles. The van der Waals surface area contributed by atoms with E-state index < -0.39 is 24.1 Å². The lowest BCUT2D eigenvalue weighted by Gasteiger charge is -2.33. The number of ether oxygens (including phenoxy) is 1. The van der Waals surface area contributed by atoms with Crippen molar-refractivity contribution in [2.24, 2.45) is 5.92 Å². The number of nitrogens with one attached hydrogen (secondary N) is 1. The number of hydrogen-bond acceptors (Lipinski definition) is 5. The largest absolute Gasteiger partial charge is 0.442 e. The van der Waals surface area contributed by atoms with E-state index >= 15 is 0 Å². The summed E-state index contributed by atoms with van der Waals surface area (Å²) in [5.74, 6) is -0.515. The summed E-state index contributed by atoms with van der Waals surface area (Å²) in [6.07, 6.45) is 0.397. The smallest absolute Gasteiger partial charge is 0.414 e. The Morgan fingerprint density at radius 1 is 1.45 bits per heavy atom. The molecule has 0 spiro atoms. The van der Waals surface area contributed by atoms with Crippen molar-refractivity contribution in [3.8, 4) is 0 Å². The molecule has 0 saturated carbocycles. The van der Waals surface area contributed by atoms with Gasteiger partial charge in [0.15, 0.2) is 0 Å². The molecule has 1 aromatic rings. The van der Waals surface area contributed by atoms with Crippen molar-refractivity contribution in [1.29, 1.82) is 0 Å². The van der Waals surface area contributed by atoms with Gasteiger partial charge in [-0.3, -0.25) is 9.69 Å². The lowest BCUT2D eigenvalue weighted by molar-refractivity contribution is -0.119. The third-order valence-corrected chi connectivity index (χ3v) is 5.47. The van der Waals surface area contributed by atoms with Crippen LogP contribution in [0.3, 0.4) is 0 Å². The van der Waals surface area contributed by atoms with Gasteiger partial charge in [0.25, 0.3) is 0 Å².